The van der Waals surface area contributed by atoms with Crippen molar-refractivity contribution >= 4 is 51.8 Å². The van der Waals surface area contributed by atoms with Gasteiger partial charge in [-0.1, -0.05) is 102 Å². The van der Waals surface area contributed by atoms with Crippen LogP contribution in [0.25, 0.3) is 11.3 Å². The second kappa shape index (κ2) is 12.0. The van der Waals surface area contributed by atoms with Crippen LogP contribution >= 0.6 is 22.9 Å². The summed E-state index contributed by atoms with van der Waals surface area (Å²) in [6.45, 7) is 2.00. The number of aromatic nitrogens is 1. The largest absolute Gasteiger partial charge is 0.463 e. The Bertz CT molecular complexity index is 2240. The molecule has 10 heteroatoms. The van der Waals surface area contributed by atoms with E-state index in [2.05, 4.69) is 0 Å². The zero-order valence-electron chi connectivity index (χ0n) is 24.4. The van der Waals surface area contributed by atoms with E-state index in [0.29, 0.717) is 37.9 Å². The van der Waals surface area contributed by atoms with Crippen LogP contribution in [0.2, 0.25) is 5.02 Å². The van der Waals surface area contributed by atoms with Gasteiger partial charge in [0.2, 0.25) is 0 Å². The molecule has 0 bridgehead atoms. The lowest BCUT2D eigenvalue weighted by molar-refractivity contribution is -0.138. The molecule has 0 saturated carbocycles. The van der Waals surface area contributed by atoms with Gasteiger partial charge in [0.1, 0.15) is 10.3 Å². The SMILES string of the molecule is CCOC(=O)C1=C(c2ccccc2)N=c2s/c(=C3\C(=O)N(Cc4ccccc4Cl)c4ccccc43)c(=O)n2[C@H]1c1ccc(F)cc1. The number of carbonyl (C=O) groups is 2. The van der Waals surface area contributed by atoms with Gasteiger partial charge in [-0.25, -0.2) is 14.2 Å². The van der Waals surface area contributed by atoms with Gasteiger partial charge in [0.05, 0.1) is 41.7 Å². The zero-order valence-corrected chi connectivity index (χ0v) is 26.0. The first-order valence-electron chi connectivity index (χ1n) is 14.6. The van der Waals surface area contributed by atoms with Crippen molar-refractivity contribution in [1.82, 2.24) is 4.57 Å². The minimum absolute atomic E-state index is 0.0989. The van der Waals surface area contributed by atoms with Crippen molar-refractivity contribution < 1.29 is 18.7 Å². The monoisotopic (exact) mass is 649 g/mol. The molecule has 1 atom stereocenters. The molecule has 0 spiro atoms. The lowest BCUT2D eigenvalue weighted by atomic mass is 9.93. The molecule has 3 heterocycles. The van der Waals surface area contributed by atoms with Gasteiger partial charge in [-0.2, -0.15) is 0 Å². The quantitative estimate of drug-likeness (QED) is 0.223. The number of esters is 1. The number of nitrogens with zero attached hydrogens (tertiary/aromatic N) is 3. The first-order valence-corrected chi connectivity index (χ1v) is 15.8. The Morgan fingerprint density at radius 3 is 2.37 bits per heavy atom. The molecular formula is C36H25ClFN3O4S. The highest BCUT2D eigenvalue weighted by Gasteiger charge is 2.38. The Balaban J connectivity index is 1.50. The molecule has 46 heavy (non-hydrogen) atoms. The normalized spacial score (nSPS) is 16.6. The molecule has 0 N–H and O–H groups in total. The summed E-state index contributed by atoms with van der Waals surface area (Å²) in [7, 11) is 0. The van der Waals surface area contributed by atoms with E-state index in [0.717, 1.165) is 16.9 Å². The van der Waals surface area contributed by atoms with Gasteiger partial charge in [0.25, 0.3) is 11.5 Å². The van der Waals surface area contributed by atoms with Crippen molar-refractivity contribution in [2.45, 2.75) is 19.5 Å². The van der Waals surface area contributed by atoms with E-state index in [1.54, 1.807) is 17.9 Å². The number of fused-ring (bicyclic) bond motifs is 2. The summed E-state index contributed by atoms with van der Waals surface area (Å²) in [4.78, 5) is 49.2. The zero-order chi connectivity index (χ0) is 31.9. The second-order valence-corrected chi connectivity index (χ2v) is 12.1. The first-order chi connectivity index (χ1) is 22.4. The lowest BCUT2D eigenvalue weighted by Gasteiger charge is -2.25. The topological polar surface area (TPSA) is 81.0 Å². The number of benzene rings is 4. The number of hydrogen-bond donors (Lipinski definition) is 0. The van der Waals surface area contributed by atoms with Gasteiger partial charge in [0.15, 0.2) is 4.80 Å². The third-order valence-electron chi connectivity index (χ3n) is 7.97. The van der Waals surface area contributed by atoms with Crippen LogP contribution in [0.5, 0.6) is 0 Å². The van der Waals surface area contributed by atoms with Crippen LogP contribution < -0.4 is 19.8 Å². The molecule has 7 nitrogen and oxygen atoms in total. The third-order valence-corrected chi connectivity index (χ3v) is 9.39. The molecule has 228 valence electrons. The van der Waals surface area contributed by atoms with Crippen LogP contribution in [0.3, 0.4) is 0 Å². The Morgan fingerprint density at radius 2 is 1.63 bits per heavy atom. The fraction of sp³-hybridized carbons (Fsp3) is 0.111. The lowest BCUT2D eigenvalue weighted by Crippen LogP contribution is -2.41. The van der Waals surface area contributed by atoms with Crippen LogP contribution in [0, 0.1) is 5.82 Å². The summed E-state index contributed by atoms with van der Waals surface area (Å²) in [6, 6.07) is 28.4. The number of amides is 1. The number of carbonyl (C=O) groups excluding carboxylic acids is 2. The van der Waals surface area contributed by atoms with Crippen LogP contribution in [0.15, 0.2) is 118 Å². The standard InChI is InChI=1S/C36H25ClFN3O4S/c1-2-45-35(44)29-30(21-10-4-3-5-11-21)39-36-41(31(29)22-16-18-24(38)19-17-22)34(43)32(46-36)28-25-13-7-9-15-27(25)40(33(28)42)20-23-12-6-8-14-26(23)37/h3-19,31H,2,20H2,1H3/b32-28-/t31-/m0/s1. The number of anilines is 1. The highest BCUT2D eigenvalue weighted by molar-refractivity contribution is 7.07. The Labute approximate surface area is 271 Å². The van der Waals surface area contributed by atoms with Crippen LogP contribution in [0.4, 0.5) is 10.1 Å². The smallest absolute Gasteiger partial charge is 0.338 e. The van der Waals surface area contributed by atoms with Gasteiger partial charge in [-0.05, 0) is 42.3 Å². The van der Waals surface area contributed by atoms with Crippen LogP contribution in [-0.4, -0.2) is 23.1 Å². The predicted octanol–water partition coefficient (Wildman–Crippen LogP) is 5.65. The fourth-order valence-corrected chi connectivity index (χ4v) is 7.19. The summed E-state index contributed by atoms with van der Waals surface area (Å²) in [5.41, 5.74) is 3.38. The van der Waals surface area contributed by atoms with Crippen LogP contribution in [-0.2, 0) is 20.9 Å². The molecule has 1 aromatic heterocycles. The van der Waals surface area contributed by atoms with E-state index >= 15 is 0 Å². The second-order valence-electron chi connectivity index (χ2n) is 10.7. The molecule has 2 aliphatic rings. The number of halogens is 2. The van der Waals surface area contributed by atoms with E-state index in [9.17, 15) is 18.8 Å². The van der Waals surface area contributed by atoms with Crippen molar-refractivity contribution in [3.05, 3.63) is 161 Å². The highest BCUT2D eigenvalue weighted by Crippen LogP contribution is 2.38. The van der Waals surface area contributed by atoms with E-state index in [4.69, 9.17) is 21.3 Å². The van der Waals surface area contributed by atoms with E-state index < -0.39 is 23.4 Å². The van der Waals surface area contributed by atoms with Gasteiger partial charge in [-0.15, -0.1) is 0 Å². The predicted molar refractivity (Wildman–Crippen MR) is 175 cm³/mol. The third kappa shape index (κ3) is 4.98. The maximum atomic E-state index is 14.5. The maximum absolute atomic E-state index is 14.5. The summed E-state index contributed by atoms with van der Waals surface area (Å²) in [5.74, 6) is -1.46. The molecule has 1 amide bonds. The Hall–Kier alpha value is -5.12. The van der Waals surface area contributed by atoms with Gasteiger partial charge < -0.3 is 9.64 Å². The Kier molecular flexibility index (Phi) is 7.72. The van der Waals surface area contributed by atoms with Crippen molar-refractivity contribution in [3.63, 3.8) is 0 Å². The number of ether oxygens (including phenoxy) is 1. The molecule has 0 saturated heterocycles. The fourth-order valence-electron chi connectivity index (χ4n) is 5.90. The minimum Gasteiger partial charge on any atom is -0.463 e. The molecule has 0 aliphatic carbocycles. The average molecular weight is 650 g/mol. The molecule has 0 fully saturated rings. The minimum atomic E-state index is -0.994. The number of hydrogen-bond acceptors (Lipinski definition) is 6. The maximum Gasteiger partial charge on any atom is 0.338 e. The van der Waals surface area contributed by atoms with E-state index in [1.165, 1.54) is 28.8 Å². The van der Waals surface area contributed by atoms with Crippen molar-refractivity contribution in [2.24, 2.45) is 4.99 Å². The number of thiazole rings is 1. The van der Waals surface area contributed by atoms with Crippen molar-refractivity contribution in [3.8, 4) is 0 Å². The van der Waals surface area contributed by atoms with Gasteiger partial charge in [0, 0.05) is 16.1 Å². The van der Waals surface area contributed by atoms with E-state index in [1.807, 2.05) is 72.8 Å². The molecule has 5 aromatic rings. The van der Waals surface area contributed by atoms with Crippen LogP contribution in [0.1, 0.15) is 35.2 Å². The molecule has 4 aromatic carbocycles. The summed E-state index contributed by atoms with van der Waals surface area (Å²) >= 11 is 7.54. The molecular weight excluding hydrogens is 625 g/mol. The number of para-hydroxylation sites is 1. The molecule has 2 aliphatic heterocycles. The molecule has 0 radical (unpaired) electrons. The van der Waals surface area contributed by atoms with Crippen molar-refractivity contribution in [1.29, 1.82) is 0 Å². The van der Waals surface area contributed by atoms with E-state index in [-0.39, 0.29) is 34.7 Å². The molecule has 0 unspecified atom stereocenters. The highest BCUT2D eigenvalue weighted by atomic mass is 35.5. The summed E-state index contributed by atoms with van der Waals surface area (Å²) < 4.78 is 21.2. The van der Waals surface area contributed by atoms with Gasteiger partial charge >= 0.3 is 5.97 Å². The first kappa shape index (κ1) is 29.6. The van der Waals surface area contributed by atoms with Crippen molar-refractivity contribution in [2.75, 3.05) is 11.5 Å². The summed E-state index contributed by atoms with van der Waals surface area (Å²) in [6.07, 6.45) is 0. The Morgan fingerprint density at radius 1 is 0.935 bits per heavy atom. The summed E-state index contributed by atoms with van der Waals surface area (Å²) in [5, 5.41) is 0.528. The van der Waals surface area contributed by atoms with Gasteiger partial charge in [-0.3, -0.25) is 14.2 Å². The average Bonchev–Trinajstić information content (AvgIpc) is 3.54. The molecule has 7 rings (SSSR count). The number of rotatable bonds is 6.